The number of hydrogen-bond donors (Lipinski definition) is 2. The van der Waals surface area contributed by atoms with Gasteiger partial charge in [0.05, 0.1) is 18.1 Å². The van der Waals surface area contributed by atoms with Crippen LogP contribution in [-0.4, -0.2) is 22.8 Å². The summed E-state index contributed by atoms with van der Waals surface area (Å²) in [7, 11) is 0. The Hall–Kier alpha value is -2.21. The molecule has 0 unspecified atom stereocenters. The first kappa shape index (κ1) is 16.6. The van der Waals surface area contributed by atoms with E-state index in [4.69, 9.17) is 4.42 Å². The second-order valence-corrected chi connectivity index (χ2v) is 6.96. The number of fused-ring (bicyclic) bond motifs is 1. The molecule has 1 aliphatic heterocycles. The smallest absolute Gasteiger partial charge is 0.237 e. The number of benzene rings is 1. The molecule has 0 aliphatic carbocycles. The fourth-order valence-corrected chi connectivity index (χ4v) is 3.71. The lowest BCUT2D eigenvalue weighted by molar-refractivity contribution is -0.121. The van der Waals surface area contributed by atoms with Crippen LogP contribution in [0.2, 0.25) is 0 Å². The molecule has 24 heavy (non-hydrogen) atoms. The summed E-state index contributed by atoms with van der Waals surface area (Å²) >= 11 is 1.54. The number of para-hydroxylation sites is 1. The zero-order chi connectivity index (χ0) is 16.8. The molecule has 1 aromatic carbocycles. The Morgan fingerprint density at radius 1 is 1.29 bits per heavy atom. The molecule has 0 saturated carbocycles. The fraction of sp³-hybridized carbons (Fsp3) is 0.333. The molecule has 2 amide bonds. The normalized spacial score (nSPS) is 16.8. The third kappa shape index (κ3) is 4.41. The topological polar surface area (TPSA) is 71.3 Å². The molecule has 126 valence electrons. The van der Waals surface area contributed by atoms with Crippen LogP contribution >= 0.6 is 11.8 Å². The predicted molar refractivity (Wildman–Crippen MR) is 94.8 cm³/mol. The van der Waals surface area contributed by atoms with Gasteiger partial charge in [-0.1, -0.05) is 18.2 Å². The fourth-order valence-electron chi connectivity index (χ4n) is 2.63. The zero-order valence-corrected chi connectivity index (χ0v) is 14.1. The van der Waals surface area contributed by atoms with Crippen molar-refractivity contribution in [3.8, 4) is 0 Å². The molecule has 2 N–H and O–H groups in total. The van der Waals surface area contributed by atoms with Gasteiger partial charge in [-0.15, -0.1) is 11.8 Å². The largest absolute Gasteiger partial charge is 0.467 e. The zero-order valence-electron chi connectivity index (χ0n) is 13.3. The first-order valence-electron chi connectivity index (χ1n) is 8.02. The van der Waals surface area contributed by atoms with E-state index in [1.165, 1.54) is 5.56 Å². The van der Waals surface area contributed by atoms with Crippen molar-refractivity contribution in [3.05, 3.63) is 54.0 Å². The number of furan rings is 1. The molecule has 0 fully saturated rings. The van der Waals surface area contributed by atoms with E-state index >= 15 is 0 Å². The quantitative estimate of drug-likeness (QED) is 0.845. The highest BCUT2D eigenvalue weighted by atomic mass is 32.2. The molecule has 0 saturated heterocycles. The van der Waals surface area contributed by atoms with Crippen LogP contribution in [0.4, 0.5) is 5.69 Å². The monoisotopic (exact) mass is 344 g/mol. The van der Waals surface area contributed by atoms with Crippen molar-refractivity contribution in [2.24, 2.45) is 0 Å². The highest BCUT2D eigenvalue weighted by Crippen LogP contribution is 2.27. The van der Waals surface area contributed by atoms with Crippen LogP contribution in [0, 0.1) is 0 Å². The maximum absolute atomic E-state index is 12.3. The maximum atomic E-state index is 12.3. The lowest BCUT2D eigenvalue weighted by Gasteiger charge is -2.12. The van der Waals surface area contributed by atoms with Crippen LogP contribution in [0.5, 0.6) is 0 Å². The van der Waals surface area contributed by atoms with Gasteiger partial charge in [-0.25, -0.2) is 0 Å². The number of nitrogens with one attached hydrogen (secondary N) is 2. The standard InChI is InChI=1S/C18H20N2O3S/c21-17(19-12-14-5-3-10-23-14)9-11-24-16-8-7-13-4-1-2-6-15(13)20-18(16)22/h1-6,10,16H,7-9,11-12H2,(H,19,21)(H,20,22)/t16-/m0/s1. The minimum absolute atomic E-state index is 0.0287. The van der Waals surface area contributed by atoms with Crippen LogP contribution in [0.15, 0.2) is 47.1 Å². The Morgan fingerprint density at radius 3 is 3.00 bits per heavy atom. The van der Waals surface area contributed by atoms with E-state index < -0.39 is 0 Å². The van der Waals surface area contributed by atoms with Gasteiger partial charge in [0.15, 0.2) is 0 Å². The minimum Gasteiger partial charge on any atom is -0.467 e. The molecule has 0 bridgehead atoms. The molecule has 6 heteroatoms. The van der Waals surface area contributed by atoms with E-state index in [1.807, 2.05) is 30.3 Å². The number of carbonyl (C=O) groups is 2. The summed E-state index contributed by atoms with van der Waals surface area (Å²) in [5, 5.41) is 5.68. The Bertz CT molecular complexity index is 700. The number of carbonyl (C=O) groups excluding carboxylic acids is 2. The van der Waals surface area contributed by atoms with Crippen LogP contribution in [-0.2, 0) is 22.6 Å². The van der Waals surface area contributed by atoms with Gasteiger partial charge in [-0.3, -0.25) is 9.59 Å². The van der Waals surface area contributed by atoms with Crippen LogP contribution in [0.25, 0.3) is 0 Å². The van der Waals surface area contributed by atoms with E-state index in [-0.39, 0.29) is 17.1 Å². The van der Waals surface area contributed by atoms with Gasteiger partial charge in [0.2, 0.25) is 11.8 Å². The maximum Gasteiger partial charge on any atom is 0.237 e. The summed E-state index contributed by atoms with van der Waals surface area (Å²) in [6, 6.07) is 11.5. The molecule has 0 radical (unpaired) electrons. The van der Waals surface area contributed by atoms with E-state index in [0.29, 0.717) is 18.7 Å². The first-order valence-corrected chi connectivity index (χ1v) is 9.07. The van der Waals surface area contributed by atoms with Gasteiger partial charge in [0.25, 0.3) is 0 Å². The number of thioether (sulfide) groups is 1. The molecular formula is C18H20N2O3S. The second kappa shape index (κ2) is 8.06. The van der Waals surface area contributed by atoms with Crippen molar-refractivity contribution in [3.63, 3.8) is 0 Å². The van der Waals surface area contributed by atoms with Crippen molar-refractivity contribution < 1.29 is 14.0 Å². The molecular weight excluding hydrogens is 324 g/mol. The summed E-state index contributed by atoms with van der Waals surface area (Å²) in [4.78, 5) is 24.1. The number of hydrogen-bond acceptors (Lipinski definition) is 4. The van der Waals surface area contributed by atoms with E-state index in [0.717, 1.165) is 24.3 Å². The van der Waals surface area contributed by atoms with Crippen LogP contribution in [0.3, 0.4) is 0 Å². The first-order chi connectivity index (χ1) is 11.7. The Kier molecular flexibility index (Phi) is 5.59. The average molecular weight is 344 g/mol. The van der Waals surface area contributed by atoms with Crippen molar-refractivity contribution in [2.75, 3.05) is 11.1 Å². The summed E-state index contributed by atoms with van der Waals surface area (Å²) < 4.78 is 5.17. The molecule has 1 aromatic heterocycles. The van der Waals surface area contributed by atoms with Crippen molar-refractivity contribution >= 4 is 29.3 Å². The van der Waals surface area contributed by atoms with Crippen LogP contribution in [0.1, 0.15) is 24.2 Å². The lowest BCUT2D eigenvalue weighted by atomic mass is 10.1. The third-order valence-electron chi connectivity index (χ3n) is 3.93. The minimum atomic E-state index is -0.115. The summed E-state index contributed by atoms with van der Waals surface area (Å²) in [5.74, 6) is 1.35. The van der Waals surface area contributed by atoms with E-state index in [1.54, 1.807) is 24.1 Å². The van der Waals surface area contributed by atoms with E-state index in [9.17, 15) is 9.59 Å². The number of anilines is 1. The van der Waals surface area contributed by atoms with Gasteiger partial charge < -0.3 is 15.1 Å². The Balaban J connectivity index is 1.42. The molecule has 0 spiro atoms. The summed E-state index contributed by atoms with van der Waals surface area (Å²) in [6.45, 7) is 0.399. The van der Waals surface area contributed by atoms with Crippen molar-refractivity contribution in [1.29, 1.82) is 0 Å². The average Bonchev–Trinajstić information content (AvgIpc) is 3.05. The highest BCUT2D eigenvalue weighted by molar-refractivity contribution is 8.00. The lowest BCUT2D eigenvalue weighted by Crippen LogP contribution is -2.26. The Labute approximate surface area is 145 Å². The second-order valence-electron chi connectivity index (χ2n) is 5.65. The van der Waals surface area contributed by atoms with Crippen LogP contribution < -0.4 is 10.6 Å². The molecule has 5 nitrogen and oxygen atoms in total. The summed E-state index contributed by atoms with van der Waals surface area (Å²) in [5.41, 5.74) is 2.08. The molecule has 2 aromatic rings. The number of aryl methyl sites for hydroxylation is 1. The molecule has 1 aliphatic rings. The Morgan fingerprint density at radius 2 is 2.17 bits per heavy atom. The van der Waals surface area contributed by atoms with Gasteiger partial charge in [0, 0.05) is 17.9 Å². The van der Waals surface area contributed by atoms with Gasteiger partial charge in [-0.2, -0.15) is 0 Å². The highest BCUT2D eigenvalue weighted by Gasteiger charge is 2.23. The van der Waals surface area contributed by atoms with Gasteiger partial charge in [-0.05, 0) is 36.6 Å². The SMILES string of the molecule is O=C(CCS[C@H]1CCc2ccccc2NC1=O)NCc1ccco1. The van der Waals surface area contributed by atoms with Gasteiger partial charge >= 0.3 is 0 Å². The predicted octanol–water partition coefficient (Wildman–Crippen LogP) is 2.97. The summed E-state index contributed by atoms with van der Waals surface area (Å²) in [6.07, 6.45) is 3.64. The van der Waals surface area contributed by atoms with Gasteiger partial charge in [0.1, 0.15) is 5.76 Å². The van der Waals surface area contributed by atoms with Crippen molar-refractivity contribution in [2.45, 2.75) is 31.1 Å². The van der Waals surface area contributed by atoms with E-state index in [2.05, 4.69) is 10.6 Å². The van der Waals surface area contributed by atoms with Crippen molar-refractivity contribution in [1.82, 2.24) is 5.32 Å². The molecule has 3 rings (SSSR count). The number of amides is 2. The number of rotatable bonds is 6. The molecule has 1 atom stereocenters. The third-order valence-corrected chi connectivity index (χ3v) is 5.22. The molecule has 2 heterocycles.